The van der Waals surface area contributed by atoms with E-state index in [2.05, 4.69) is 18.2 Å². The summed E-state index contributed by atoms with van der Waals surface area (Å²) < 4.78 is 15.4. The van der Waals surface area contributed by atoms with Gasteiger partial charge in [0.05, 0.1) is 16.8 Å². The molecule has 0 amide bonds. The number of nitrogens with zero attached hydrogens (tertiary/aromatic N) is 2. The Bertz CT molecular complexity index is 645. The van der Waals surface area contributed by atoms with E-state index >= 15 is 0 Å². The van der Waals surface area contributed by atoms with Crippen molar-refractivity contribution in [2.75, 3.05) is 12.0 Å². The van der Waals surface area contributed by atoms with E-state index in [9.17, 15) is 9.18 Å². The number of aromatic nitrogens is 2. The van der Waals surface area contributed by atoms with Gasteiger partial charge in [-0.15, -0.1) is 0 Å². The van der Waals surface area contributed by atoms with Crippen molar-refractivity contribution < 1.29 is 14.3 Å². The van der Waals surface area contributed by atoms with Crippen LogP contribution in [-0.2, 0) is 11.3 Å². The van der Waals surface area contributed by atoms with Crippen molar-refractivity contribution in [2.45, 2.75) is 30.3 Å². The fraction of sp³-hybridized carbons (Fsp3) is 0.429. The van der Waals surface area contributed by atoms with Gasteiger partial charge in [0.2, 0.25) is 0 Å². The normalized spacial score (nSPS) is 12.7. The maximum absolute atomic E-state index is 13.5. The van der Waals surface area contributed by atoms with Crippen LogP contribution < -0.4 is 0 Å². The number of carboxylic acid groups (broad SMARTS) is 1. The Morgan fingerprint density at radius 3 is 2.95 bits per heavy atom. The Labute approximate surface area is 131 Å². The number of fused-ring (bicyclic) bond motifs is 1. The number of rotatable bonds is 7. The van der Waals surface area contributed by atoms with E-state index in [0.717, 1.165) is 11.9 Å². The number of halogens is 1. The smallest absolute Gasteiger partial charge is 0.313 e. The van der Waals surface area contributed by atoms with Crippen LogP contribution in [0.25, 0.3) is 11.0 Å². The van der Waals surface area contributed by atoms with Gasteiger partial charge >= 0.3 is 5.97 Å². The SMILES string of the molecule is CSC(C)CCn1c(SCC(=O)O)nc2ccc(F)cc21. The molecular weight excluding hydrogens is 311 g/mol. The maximum atomic E-state index is 13.5. The first-order valence-electron chi connectivity index (χ1n) is 6.54. The summed E-state index contributed by atoms with van der Waals surface area (Å²) in [5.74, 6) is -1.25. The lowest BCUT2D eigenvalue weighted by Crippen LogP contribution is -2.07. The van der Waals surface area contributed by atoms with E-state index in [1.807, 2.05) is 4.57 Å². The Balaban J connectivity index is 2.33. The van der Waals surface area contributed by atoms with Gasteiger partial charge in [-0.25, -0.2) is 9.37 Å². The molecule has 1 heterocycles. The molecule has 1 aromatic heterocycles. The van der Waals surface area contributed by atoms with Crippen LogP contribution >= 0.6 is 23.5 Å². The van der Waals surface area contributed by atoms with Gasteiger partial charge in [0.15, 0.2) is 5.16 Å². The number of hydrogen-bond acceptors (Lipinski definition) is 4. The van der Waals surface area contributed by atoms with Gasteiger partial charge in [-0.05, 0) is 30.9 Å². The summed E-state index contributed by atoms with van der Waals surface area (Å²) in [6.45, 7) is 2.83. The molecule has 0 aliphatic rings. The lowest BCUT2D eigenvalue weighted by molar-refractivity contribution is -0.133. The van der Waals surface area contributed by atoms with Crippen molar-refractivity contribution in [1.29, 1.82) is 0 Å². The minimum absolute atomic E-state index is 0.0517. The highest BCUT2D eigenvalue weighted by Gasteiger charge is 2.14. The van der Waals surface area contributed by atoms with Gasteiger partial charge < -0.3 is 9.67 Å². The number of benzene rings is 1. The van der Waals surface area contributed by atoms with Gasteiger partial charge in [0, 0.05) is 11.8 Å². The zero-order valence-corrected chi connectivity index (χ0v) is 13.5. The zero-order valence-electron chi connectivity index (χ0n) is 11.9. The number of thioether (sulfide) groups is 2. The molecule has 2 aromatic rings. The number of aliphatic carboxylic acids is 1. The molecule has 0 aliphatic carbocycles. The quantitative estimate of drug-likeness (QED) is 0.789. The summed E-state index contributed by atoms with van der Waals surface area (Å²) in [6.07, 6.45) is 2.97. The monoisotopic (exact) mass is 328 g/mol. The second-order valence-corrected chi connectivity index (χ2v) is 6.92. The topological polar surface area (TPSA) is 55.1 Å². The average Bonchev–Trinajstić information content (AvgIpc) is 2.79. The molecule has 21 heavy (non-hydrogen) atoms. The fourth-order valence-electron chi connectivity index (χ4n) is 1.96. The van der Waals surface area contributed by atoms with Crippen molar-refractivity contribution >= 4 is 40.5 Å². The van der Waals surface area contributed by atoms with Crippen molar-refractivity contribution in [3.8, 4) is 0 Å². The van der Waals surface area contributed by atoms with Gasteiger partial charge in [-0.2, -0.15) is 11.8 Å². The van der Waals surface area contributed by atoms with Crippen molar-refractivity contribution in [2.24, 2.45) is 0 Å². The molecular formula is C14H17FN2O2S2. The molecule has 1 unspecified atom stereocenters. The van der Waals surface area contributed by atoms with E-state index in [-0.39, 0.29) is 11.6 Å². The Morgan fingerprint density at radius 2 is 2.29 bits per heavy atom. The lowest BCUT2D eigenvalue weighted by atomic mass is 10.3. The molecule has 0 fully saturated rings. The summed E-state index contributed by atoms with van der Waals surface area (Å²) in [5, 5.41) is 9.93. The highest BCUT2D eigenvalue weighted by atomic mass is 32.2. The molecule has 0 bridgehead atoms. The van der Waals surface area contributed by atoms with Crippen LogP contribution in [0, 0.1) is 5.82 Å². The van der Waals surface area contributed by atoms with Crippen LogP contribution in [0.1, 0.15) is 13.3 Å². The minimum atomic E-state index is -0.887. The fourth-order valence-corrected chi connectivity index (χ4v) is 3.06. The number of carbonyl (C=O) groups is 1. The lowest BCUT2D eigenvalue weighted by Gasteiger charge is -2.11. The summed E-state index contributed by atoms with van der Waals surface area (Å²) in [4.78, 5) is 15.2. The number of carboxylic acids is 1. The molecule has 1 N–H and O–H groups in total. The summed E-state index contributed by atoms with van der Waals surface area (Å²) in [5.41, 5.74) is 1.41. The van der Waals surface area contributed by atoms with Gasteiger partial charge in [-0.1, -0.05) is 18.7 Å². The highest BCUT2D eigenvalue weighted by Crippen LogP contribution is 2.26. The van der Waals surface area contributed by atoms with E-state index in [1.54, 1.807) is 17.8 Å². The van der Waals surface area contributed by atoms with E-state index < -0.39 is 5.97 Å². The second-order valence-electron chi connectivity index (χ2n) is 4.70. The highest BCUT2D eigenvalue weighted by molar-refractivity contribution is 7.99. The van der Waals surface area contributed by atoms with Crippen molar-refractivity contribution in [3.05, 3.63) is 24.0 Å². The average molecular weight is 328 g/mol. The van der Waals surface area contributed by atoms with E-state index in [4.69, 9.17) is 5.11 Å². The van der Waals surface area contributed by atoms with E-state index in [0.29, 0.717) is 22.5 Å². The Kier molecular flexibility index (Phi) is 5.52. The molecule has 1 atom stereocenters. The summed E-state index contributed by atoms with van der Waals surface area (Å²) >= 11 is 2.94. The standard InChI is InChI=1S/C14H17FN2O2S2/c1-9(20-2)5-6-17-12-7-10(15)3-4-11(12)16-14(17)21-8-13(18)19/h3-4,7,9H,5-6,8H2,1-2H3,(H,18,19). The first-order chi connectivity index (χ1) is 10.0. The first kappa shape index (κ1) is 16.2. The van der Waals surface area contributed by atoms with Crippen LogP contribution in [-0.4, -0.2) is 37.9 Å². The minimum Gasteiger partial charge on any atom is -0.481 e. The molecule has 0 saturated carbocycles. The summed E-state index contributed by atoms with van der Waals surface area (Å²) in [7, 11) is 0. The molecule has 0 radical (unpaired) electrons. The van der Waals surface area contributed by atoms with Crippen LogP contribution in [0.15, 0.2) is 23.4 Å². The zero-order chi connectivity index (χ0) is 15.4. The van der Waals surface area contributed by atoms with E-state index in [1.165, 1.54) is 23.9 Å². The van der Waals surface area contributed by atoms with Crippen LogP contribution in [0.4, 0.5) is 4.39 Å². The van der Waals surface area contributed by atoms with Crippen LogP contribution in [0.5, 0.6) is 0 Å². The third kappa shape index (κ3) is 4.14. The van der Waals surface area contributed by atoms with Crippen LogP contribution in [0.2, 0.25) is 0 Å². The third-order valence-electron chi connectivity index (χ3n) is 3.16. The molecule has 7 heteroatoms. The van der Waals surface area contributed by atoms with Crippen LogP contribution in [0.3, 0.4) is 0 Å². The Morgan fingerprint density at radius 1 is 1.52 bits per heavy atom. The molecule has 0 spiro atoms. The largest absolute Gasteiger partial charge is 0.481 e. The number of hydrogen-bond donors (Lipinski definition) is 1. The van der Waals surface area contributed by atoms with Gasteiger partial charge in [-0.3, -0.25) is 4.79 Å². The maximum Gasteiger partial charge on any atom is 0.313 e. The predicted octanol–water partition coefficient (Wildman–Crippen LogP) is 3.49. The second kappa shape index (κ2) is 7.17. The third-order valence-corrected chi connectivity index (χ3v) is 5.16. The first-order valence-corrected chi connectivity index (χ1v) is 8.81. The molecule has 0 aliphatic heterocycles. The molecule has 114 valence electrons. The summed E-state index contributed by atoms with van der Waals surface area (Å²) in [6, 6.07) is 4.46. The van der Waals surface area contributed by atoms with Crippen molar-refractivity contribution in [3.63, 3.8) is 0 Å². The Hall–Kier alpha value is -1.21. The predicted molar refractivity (Wildman–Crippen MR) is 85.6 cm³/mol. The molecule has 0 saturated heterocycles. The molecule has 2 rings (SSSR count). The molecule has 4 nitrogen and oxygen atoms in total. The number of imidazole rings is 1. The van der Waals surface area contributed by atoms with Gasteiger partial charge in [0.25, 0.3) is 0 Å². The molecule has 1 aromatic carbocycles. The number of aryl methyl sites for hydroxylation is 1. The van der Waals surface area contributed by atoms with Crippen molar-refractivity contribution in [1.82, 2.24) is 9.55 Å². The van der Waals surface area contributed by atoms with Gasteiger partial charge in [0.1, 0.15) is 5.82 Å².